The van der Waals surface area contributed by atoms with Gasteiger partial charge < -0.3 is 20.1 Å². The summed E-state index contributed by atoms with van der Waals surface area (Å²) in [6, 6.07) is -0.831. The molecule has 0 aromatic heterocycles. The van der Waals surface area contributed by atoms with Crippen LogP contribution in [0.5, 0.6) is 0 Å². The van der Waals surface area contributed by atoms with Gasteiger partial charge in [-0.3, -0.25) is 4.79 Å². The Kier molecular flexibility index (Phi) is 7.49. The second-order valence-electron chi connectivity index (χ2n) is 3.83. The van der Waals surface area contributed by atoms with E-state index in [1.807, 2.05) is 0 Å². The molecular weight excluding hydrogens is 212 g/mol. The first-order chi connectivity index (χ1) is 7.47. The van der Waals surface area contributed by atoms with Crippen molar-refractivity contribution in [1.29, 1.82) is 0 Å². The van der Waals surface area contributed by atoms with Crippen LogP contribution in [0.3, 0.4) is 0 Å². The van der Waals surface area contributed by atoms with Gasteiger partial charge in [0.15, 0.2) is 0 Å². The first kappa shape index (κ1) is 14.9. The monoisotopic (exact) mass is 232 g/mol. The summed E-state index contributed by atoms with van der Waals surface area (Å²) in [5.41, 5.74) is 0. The van der Waals surface area contributed by atoms with Crippen molar-refractivity contribution < 1.29 is 19.4 Å². The van der Waals surface area contributed by atoms with Crippen LogP contribution in [0.15, 0.2) is 0 Å². The molecular formula is C10H20N2O4. The quantitative estimate of drug-likeness (QED) is 0.554. The Morgan fingerprint density at radius 1 is 1.44 bits per heavy atom. The third-order valence-corrected chi connectivity index (χ3v) is 1.93. The van der Waals surface area contributed by atoms with E-state index in [0.717, 1.165) is 0 Å². The highest BCUT2D eigenvalue weighted by Crippen LogP contribution is 1.98. The van der Waals surface area contributed by atoms with E-state index in [9.17, 15) is 9.59 Å². The molecule has 0 aliphatic rings. The van der Waals surface area contributed by atoms with E-state index in [2.05, 4.69) is 5.32 Å². The maximum atomic E-state index is 11.4. The fourth-order valence-corrected chi connectivity index (χ4v) is 1.22. The molecule has 0 radical (unpaired) electrons. The fraction of sp³-hybridized carbons (Fsp3) is 0.800. The van der Waals surface area contributed by atoms with Crippen molar-refractivity contribution >= 4 is 11.9 Å². The summed E-state index contributed by atoms with van der Waals surface area (Å²) in [6.45, 7) is 0.682. The van der Waals surface area contributed by atoms with E-state index in [1.54, 1.807) is 26.1 Å². The molecule has 0 spiro atoms. The highest BCUT2D eigenvalue weighted by atomic mass is 16.5. The lowest BCUT2D eigenvalue weighted by Crippen LogP contribution is -2.44. The van der Waals surface area contributed by atoms with Gasteiger partial charge in [0, 0.05) is 13.7 Å². The van der Waals surface area contributed by atoms with Gasteiger partial charge >= 0.3 is 5.97 Å². The highest BCUT2D eigenvalue weighted by molar-refractivity contribution is 5.84. The minimum absolute atomic E-state index is 0.189. The third-order valence-electron chi connectivity index (χ3n) is 1.93. The molecule has 94 valence electrons. The standard InChI is InChI=1S/C10H20N2O4/c1-12(2)7-9(13)11-8(10(14)15)5-4-6-16-3/h8H,4-7H2,1-3H3,(H,11,13)(H,14,15). The minimum Gasteiger partial charge on any atom is -0.480 e. The van der Waals surface area contributed by atoms with E-state index in [-0.39, 0.29) is 12.5 Å². The third kappa shape index (κ3) is 7.19. The van der Waals surface area contributed by atoms with Crippen LogP contribution >= 0.6 is 0 Å². The van der Waals surface area contributed by atoms with Crippen molar-refractivity contribution in [2.75, 3.05) is 34.4 Å². The number of nitrogens with one attached hydrogen (secondary N) is 1. The fourth-order valence-electron chi connectivity index (χ4n) is 1.22. The summed E-state index contributed by atoms with van der Waals surface area (Å²) < 4.78 is 4.83. The normalized spacial score (nSPS) is 12.5. The van der Waals surface area contributed by atoms with Gasteiger partial charge in [0.05, 0.1) is 6.54 Å². The highest BCUT2D eigenvalue weighted by Gasteiger charge is 2.19. The summed E-state index contributed by atoms with van der Waals surface area (Å²) in [4.78, 5) is 23.9. The molecule has 1 unspecified atom stereocenters. The number of hydrogen-bond acceptors (Lipinski definition) is 4. The second-order valence-corrected chi connectivity index (χ2v) is 3.83. The number of carboxylic acid groups (broad SMARTS) is 1. The molecule has 0 rings (SSSR count). The number of ether oxygens (including phenoxy) is 1. The van der Waals surface area contributed by atoms with Gasteiger partial charge in [-0.05, 0) is 26.9 Å². The predicted octanol–water partition coefficient (Wildman–Crippen LogP) is -0.456. The number of rotatable bonds is 8. The molecule has 1 atom stereocenters. The molecule has 0 saturated heterocycles. The van der Waals surface area contributed by atoms with Crippen LogP contribution in [0.1, 0.15) is 12.8 Å². The van der Waals surface area contributed by atoms with Crippen molar-refractivity contribution in [1.82, 2.24) is 10.2 Å². The van der Waals surface area contributed by atoms with Crippen molar-refractivity contribution in [2.45, 2.75) is 18.9 Å². The molecule has 6 nitrogen and oxygen atoms in total. The van der Waals surface area contributed by atoms with Gasteiger partial charge in [0.1, 0.15) is 6.04 Å². The van der Waals surface area contributed by atoms with Crippen LogP contribution in [-0.2, 0) is 14.3 Å². The average Bonchev–Trinajstić information content (AvgIpc) is 2.15. The zero-order valence-corrected chi connectivity index (χ0v) is 10.0. The van der Waals surface area contributed by atoms with Crippen molar-refractivity contribution in [3.05, 3.63) is 0 Å². The molecule has 0 aromatic carbocycles. The van der Waals surface area contributed by atoms with Crippen molar-refractivity contribution in [3.63, 3.8) is 0 Å². The van der Waals surface area contributed by atoms with E-state index in [1.165, 1.54) is 0 Å². The molecule has 0 aliphatic heterocycles. The average molecular weight is 232 g/mol. The minimum atomic E-state index is -1.01. The molecule has 0 aromatic rings. The van der Waals surface area contributed by atoms with E-state index >= 15 is 0 Å². The number of hydrogen-bond donors (Lipinski definition) is 2. The first-order valence-electron chi connectivity index (χ1n) is 5.13. The number of carboxylic acids is 1. The van der Waals surface area contributed by atoms with Crippen LogP contribution in [0.25, 0.3) is 0 Å². The van der Waals surface area contributed by atoms with Crippen molar-refractivity contribution in [3.8, 4) is 0 Å². The number of amides is 1. The predicted molar refractivity (Wildman–Crippen MR) is 59.2 cm³/mol. The largest absolute Gasteiger partial charge is 0.480 e. The molecule has 6 heteroatoms. The van der Waals surface area contributed by atoms with E-state index in [0.29, 0.717) is 19.4 Å². The van der Waals surface area contributed by atoms with E-state index < -0.39 is 12.0 Å². The Balaban J connectivity index is 4.02. The molecule has 0 fully saturated rings. The molecule has 2 N–H and O–H groups in total. The maximum Gasteiger partial charge on any atom is 0.326 e. The van der Waals surface area contributed by atoms with Gasteiger partial charge in [0.2, 0.25) is 5.91 Å². The van der Waals surface area contributed by atoms with Crippen LogP contribution in [0.2, 0.25) is 0 Å². The molecule has 16 heavy (non-hydrogen) atoms. The Labute approximate surface area is 95.6 Å². The molecule has 0 heterocycles. The zero-order valence-electron chi connectivity index (χ0n) is 10.0. The van der Waals surface area contributed by atoms with Crippen molar-refractivity contribution in [2.24, 2.45) is 0 Å². The van der Waals surface area contributed by atoms with Gasteiger partial charge in [0.25, 0.3) is 0 Å². The Morgan fingerprint density at radius 2 is 2.06 bits per heavy atom. The number of nitrogens with zero attached hydrogens (tertiary/aromatic N) is 1. The Bertz CT molecular complexity index is 231. The zero-order chi connectivity index (χ0) is 12.6. The Morgan fingerprint density at radius 3 is 2.50 bits per heavy atom. The molecule has 0 bridgehead atoms. The summed E-state index contributed by atoms with van der Waals surface area (Å²) in [7, 11) is 5.06. The topological polar surface area (TPSA) is 78.9 Å². The van der Waals surface area contributed by atoms with Gasteiger partial charge in [-0.1, -0.05) is 0 Å². The lowest BCUT2D eigenvalue weighted by atomic mass is 10.1. The first-order valence-corrected chi connectivity index (χ1v) is 5.13. The SMILES string of the molecule is COCCCC(NC(=O)CN(C)C)C(=O)O. The van der Waals surface area contributed by atoms with Gasteiger partial charge in [-0.2, -0.15) is 0 Å². The number of methoxy groups -OCH3 is 1. The number of carbonyl (C=O) groups is 2. The van der Waals surface area contributed by atoms with Crippen LogP contribution in [-0.4, -0.2) is 62.3 Å². The van der Waals surface area contributed by atoms with Crippen LogP contribution < -0.4 is 5.32 Å². The Hall–Kier alpha value is -1.14. The van der Waals surface area contributed by atoms with Crippen LogP contribution in [0, 0.1) is 0 Å². The number of likely N-dealkylation sites (N-methyl/N-ethyl adjacent to an activating group) is 1. The molecule has 0 saturated carbocycles. The lowest BCUT2D eigenvalue weighted by molar-refractivity contribution is -0.142. The maximum absolute atomic E-state index is 11.4. The van der Waals surface area contributed by atoms with Gasteiger partial charge in [-0.15, -0.1) is 0 Å². The van der Waals surface area contributed by atoms with Gasteiger partial charge in [-0.25, -0.2) is 4.79 Å². The number of aliphatic carboxylic acids is 1. The molecule has 1 amide bonds. The number of carbonyl (C=O) groups excluding carboxylic acids is 1. The van der Waals surface area contributed by atoms with E-state index in [4.69, 9.17) is 9.84 Å². The second kappa shape index (κ2) is 8.06. The lowest BCUT2D eigenvalue weighted by Gasteiger charge is -2.16. The summed E-state index contributed by atoms with van der Waals surface area (Å²) in [5.74, 6) is -1.29. The summed E-state index contributed by atoms with van der Waals surface area (Å²) in [6.07, 6.45) is 0.984. The summed E-state index contributed by atoms with van der Waals surface area (Å²) in [5, 5.41) is 11.4. The summed E-state index contributed by atoms with van der Waals surface area (Å²) >= 11 is 0. The van der Waals surface area contributed by atoms with Crippen LogP contribution in [0.4, 0.5) is 0 Å². The molecule has 0 aliphatic carbocycles. The smallest absolute Gasteiger partial charge is 0.326 e.